The summed E-state index contributed by atoms with van der Waals surface area (Å²) in [5.41, 5.74) is 0.548. The summed E-state index contributed by atoms with van der Waals surface area (Å²) in [6.07, 6.45) is 1.68. The SMILES string of the molecule is CCCOc1c(Br)cc(C(=O)N2CCN(CC(=O)NCCCOC)CC2)cc1OC. The average Bonchev–Trinajstić information content (AvgIpc) is 2.75. The highest BCUT2D eigenvalue weighted by atomic mass is 79.9. The zero-order valence-corrected chi connectivity index (χ0v) is 19.6. The van der Waals surface area contributed by atoms with Crippen LogP contribution in [0, 0.1) is 0 Å². The van der Waals surface area contributed by atoms with E-state index in [1.165, 1.54) is 0 Å². The Balaban J connectivity index is 1.89. The van der Waals surface area contributed by atoms with Gasteiger partial charge in [-0.05, 0) is 40.9 Å². The predicted octanol–water partition coefficient (Wildman–Crippen LogP) is 2.16. The minimum Gasteiger partial charge on any atom is -0.493 e. The van der Waals surface area contributed by atoms with Crippen molar-refractivity contribution in [1.29, 1.82) is 0 Å². The highest BCUT2D eigenvalue weighted by molar-refractivity contribution is 9.10. The first-order valence-corrected chi connectivity index (χ1v) is 11.1. The lowest BCUT2D eigenvalue weighted by atomic mass is 10.1. The van der Waals surface area contributed by atoms with Gasteiger partial charge >= 0.3 is 0 Å². The minimum atomic E-state index is -0.0558. The van der Waals surface area contributed by atoms with Gasteiger partial charge in [-0.1, -0.05) is 6.92 Å². The van der Waals surface area contributed by atoms with Gasteiger partial charge in [0.05, 0.1) is 24.7 Å². The lowest BCUT2D eigenvalue weighted by Crippen LogP contribution is -2.51. The quantitative estimate of drug-likeness (QED) is 0.483. The highest BCUT2D eigenvalue weighted by Gasteiger charge is 2.25. The van der Waals surface area contributed by atoms with Crippen molar-refractivity contribution in [2.45, 2.75) is 19.8 Å². The number of halogens is 1. The van der Waals surface area contributed by atoms with E-state index in [0.717, 1.165) is 12.8 Å². The molecule has 0 bridgehead atoms. The summed E-state index contributed by atoms with van der Waals surface area (Å²) in [5, 5.41) is 2.89. The van der Waals surface area contributed by atoms with E-state index in [1.807, 2.05) is 6.92 Å². The molecule has 0 aliphatic carbocycles. The molecule has 1 aromatic carbocycles. The monoisotopic (exact) mass is 485 g/mol. The Morgan fingerprint density at radius 1 is 1.13 bits per heavy atom. The fourth-order valence-corrected chi connectivity index (χ4v) is 3.74. The van der Waals surface area contributed by atoms with Gasteiger partial charge in [0.2, 0.25) is 5.91 Å². The Labute approximate surface area is 187 Å². The van der Waals surface area contributed by atoms with Crippen LogP contribution in [0.4, 0.5) is 0 Å². The third kappa shape index (κ3) is 7.14. The summed E-state index contributed by atoms with van der Waals surface area (Å²) >= 11 is 3.49. The van der Waals surface area contributed by atoms with E-state index >= 15 is 0 Å². The first-order valence-electron chi connectivity index (χ1n) is 10.3. The van der Waals surface area contributed by atoms with Gasteiger partial charge < -0.3 is 24.4 Å². The Bertz CT molecular complexity index is 708. The fourth-order valence-electron chi connectivity index (χ4n) is 3.18. The van der Waals surface area contributed by atoms with Crippen molar-refractivity contribution in [3.8, 4) is 11.5 Å². The fraction of sp³-hybridized carbons (Fsp3) is 0.619. The molecule has 2 rings (SSSR count). The van der Waals surface area contributed by atoms with Gasteiger partial charge in [-0.3, -0.25) is 14.5 Å². The third-order valence-corrected chi connectivity index (χ3v) is 5.39. The number of carbonyl (C=O) groups excluding carboxylic acids is 2. The molecule has 1 aromatic rings. The molecule has 1 saturated heterocycles. The maximum absolute atomic E-state index is 13.0. The Kier molecular flexibility index (Phi) is 10.4. The van der Waals surface area contributed by atoms with Gasteiger partial charge in [0, 0.05) is 52.0 Å². The van der Waals surface area contributed by atoms with E-state index in [4.69, 9.17) is 14.2 Å². The average molecular weight is 486 g/mol. The second-order valence-corrected chi connectivity index (χ2v) is 7.96. The van der Waals surface area contributed by atoms with Crippen molar-refractivity contribution >= 4 is 27.7 Å². The van der Waals surface area contributed by atoms with Gasteiger partial charge in [0.1, 0.15) is 0 Å². The molecule has 1 fully saturated rings. The van der Waals surface area contributed by atoms with Crippen LogP contribution in [0.25, 0.3) is 0 Å². The molecule has 1 aliphatic heterocycles. The molecule has 168 valence electrons. The van der Waals surface area contributed by atoms with Crippen molar-refractivity contribution in [3.05, 3.63) is 22.2 Å². The summed E-state index contributed by atoms with van der Waals surface area (Å²) in [5.74, 6) is 1.09. The molecule has 0 atom stereocenters. The number of carbonyl (C=O) groups is 2. The van der Waals surface area contributed by atoms with Crippen LogP contribution < -0.4 is 14.8 Å². The Hall–Kier alpha value is -1.84. The molecule has 1 heterocycles. The van der Waals surface area contributed by atoms with E-state index < -0.39 is 0 Å². The Morgan fingerprint density at radius 3 is 2.50 bits per heavy atom. The number of hydrogen-bond donors (Lipinski definition) is 1. The summed E-state index contributed by atoms with van der Waals surface area (Å²) in [6.45, 7) is 6.66. The van der Waals surface area contributed by atoms with Gasteiger partial charge in [0.25, 0.3) is 5.91 Å². The number of benzene rings is 1. The number of nitrogens with zero attached hydrogens (tertiary/aromatic N) is 2. The number of hydrogen-bond acceptors (Lipinski definition) is 6. The highest BCUT2D eigenvalue weighted by Crippen LogP contribution is 2.37. The van der Waals surface area contributed by atoms with Crippen LogP contribution in [0.1, 0.15) is 30.1 Å². The van der Waals surface area contributed by atoms with E-state index in [1.54, 1.807) is 31.3 Å². The molecule has 0 radical (unpaired) electrons. The van der Waals surface area contributed by atoms with Crippen molar-refractivity contribution in [3.63, 3.8) is 0 Å². The standard InChI is InChI=1S/C21H32BrN3O5/c1-4-11-30-20-17(22)13-16(14-18(20)29-3)21(27)25-9-7-24(8-10-25)15-19(26)23-6-5-12-28-2/h13-14H,4-12,15H2,1-3H3,(H,23,26). The topological polar surface area (TPSA) is 80.3 Å². The number of amides is 2. The van der Waals surface area contributed by atoms with Crippen molar-refractivity contribution in [1.82, 2.24) is 15.1 Å². The molecular formula is C21H32BrN3O5. The zero-order valence-electron chi connectivity index (χ0n) is 18.0. The maximum atomic E-state index is 13.0. The molecule has 2 amide bonds. The van der Waals surface area contributed by atoms with Gasteiger partial charge in [0.15, 0.2) is 11.5 Å². The van der Waals surface area contributed by atoms with E-state index in [0.29, 0.717) is 74.0 Å². The second-order valence-electron chi connectivity index (χ2n) is 7.10. The third-order valence-electron chi connectivity index (χ3n) is 4.80. The molecular weight excluding hydrogens is 454 g/mol. The molecule has 8 nitrogen and oxygen atoms in total. The van der Waals surface area contributed by atoms with Crippen molar-refractivity contribution < 1.29 is 23.8 Å². The molecule has 1 N–H and O–H groups in total. The van der Waals surface area contributed by atoms with Crippen LogP contribution in [-0.2, 0) is 9.53 Å². The second kappa shape index (κ2) is 12.8. The first-order chi connectivity index (χ1) is 14.5. The van der Waals surface area contributed by atoms with Crippen LogP contribution in [0.3, 0.4) is 0 Å². The maximum Gasteiger partial charge on any atom is 0.254 e. The van der Waals surface area contributed by atoms with Crippen LogP contribution in [0.2, 0.25) is 0 Å². The zero-order chi connectivity index (χ0) is 21.9. The van der Waals surface area contributed by atoms with E-state index in [-0.39, 0.29) is 11.8 Å². The Morgan fingerprint density at radius 2 is 1.87 bits per heavy atom. The summed E-state index contributed by atoms with van der Waals surface area (Å²) in [7, 11) is 3.21. The van der Waals surface area contributed by atoms with E-state index in [2.05, 4.69) is 26.1 Å². The largest absolute Gasteiger partial charge is 0.493 e. The molecule has 0 saturated carbocycles. The van der Waals surface area contributed by atoms with Crippen LogP contribution >= 0.6 is 15.9 Å². The van der Waals surface area contributed by atoms with Crippen LogP contribution in [0.15, 0.2) is 16.6 Å². The predicted molar refractivity (Wildman–Crippen MR) is 118 cm³/mol. The molecule has 0 spiro atoms. The summed E-state index contributed by atoms with van der Waals surface area (Å²) < 4.78 is 16.8. The number of piperazine rings is 1. The smallest absolute Gasteiger partial charge is 0.254 e. The van der Waals surface area contributed by atoms with Gasteiger partial charge in [-0.15, -0.1) is 0 Å². The van der Waals surface area contributed by atoms with Gasteiger partial charge in [-0.25, -0.2) is 0 Å². The first kappa shape index (κ1) is 24.4. The van der Waals surface area contributed by atoms with E-state index in [9.17, 15) is 9.59 Å². The molecule has 0 aromatic heterocycles. The minimum absolute atomic E-state index is 0.00205. The van der Waals surface area contributed by atoms with Crippen LogP contribution in [-0.4, -0.2) is 88.3 Å². The summed E-state index contributed by atoms with van der Waals surface area (Å²) in [4.78, 5) is 28.9. The lowest BCUT2D eigenvalue weighted by molar-refractivity contribution is -0.122. The molecule has 30 heavy (non-hydrogen) atoms. The number of rotatable bonds is 11. The number of methoxy groups -OCH3 is 2. The lowest BCUT2D eigenvalue weighted by Gasteiger charge is -2.34. The molecule has 1 aliphatic rings. The number of ether oxygens (including phenoxy) is 3. The van der Waals surface area contributed by atoms with Crippen molar-refractivity contribution in [2.24, 2.45) is 0 Å². The van der Waals surface area contributed by atoms with Crippen LogP contribution in [0.5, 0.6) is 11.5 Å². The number of nitrogens with one attached hydrogen (secondary N) is 1. The molecule has 9 heteroatoms. The summed E-state index contributed by atoms with van der Waals surface area (Å²) in [6, 6.07) is 3.49. The normalized spacial score (nSPS) is 14.5. The van der Waals surface area contributed by atoms with Gasteiger partial charge in [-0.2, -0.15) is 0 Å². The van der Waals surface area contributed by atoms with Crippen molar-refractivity contribution in [2.75, 3.05) is 66.7 Å². The molecule has 0 unspecified atom stereocenters.